The summed E-state index contributed by atoms with van der Waals surface area (Å²) in [5.74, 6) is -1.79. The summed E-state index contributed by atoms with van der Waals surface area (Å²) in [6.07, 6.45) is 39.3. The summed E-state index contributed by atoms with van der Waals surface area (Å²) in [4.78, 5) is 33.5. The molecule has 0 rings (SSSR count). The average molecular weight is 760 g/mol. The van der Waals surface area contributed by atoms with Gasteiger partial charge in [0.25, 0.3) is 0 Å². The lowest BCUT2D eigenvalue weighted by molar-refractivity contribution is -0.154. The molecule has 0 spiro atoms. The Balaban J connectivity index is 4.28. The Labute approximate surface area is 317 Å². The molecule has 0 fully saturated rings. The van der Waals surface area contributed by atoms with Crippen LogP contribution in [-0.2, 0) is 32.7 Å². The maximum absolute atomic E-state index is 12.6. The molecule has 11 heteroatoms. The smallest absolute Gasteiger partial charge is 0.472 e. The number of nitrogens with two attached hydrogens (primary N) is 1. The van der Waals surface area contributed by atoms with Crippen LogP contribution in [0.1, 0.15) is 187 Å². The van der Waals surface area contributed by atoms with Gasteiger partial charge in [0.15, 0.2) is 0 Å². The molecule has 0 aromatic carbocycles. The molecule has 52 heavy (non-hydrogen) atoms. The van der Waals surface area contributed by atoms with Crippen molar-refractivity contribution < 1.29 is 42.7 Å². The van der Waals surface area contributed by atoms with Gasteiger partial charge in [-0.3, -0.25) is 18.6 Å². The number of hydrogen-bond donors (Lipinski definition) is 3. The highest BCUT2D eigenvalue weighted by molar-refractivity contribution is 7.47. The summed E-state index contributed by atoms with van der Waals surface area (Å²) in [6, 6.07) is -1.47. The summed E-state index contributed by atoms with van der Waals surface area (Å²) in [6.45, 7) is 3.86. The first kappa shape index (κ1) is 50.5. The lowest BCUT2D eigenvalue weighted by atomic mass is 10.0. The number of hydrogen-bond acceptors (Lipinski definition) is 8. The van der Waals surface area contributed by atoms with Crippen molar-refractivity contribution >= 4 is 19.8 Å². The zero-order valence-electron chi connectivity index (χ0n) is 33.2. The Morgan fingerprint density at radius 1 is 0.615 bits per heavy atom. The molecule has 306 valence electrons. The molecule has 10 nitrogen and oxygen atoms in total. The number of allylic oxidation sites excluding steroid dienone is 4. The van der Waals surface area contributed by atoms with Crippen LogP contribution in [0, 0.1) is 0 Å². The molecule has 0 heterocycles. The Morgan fingerprint density at radius 3 is 1.58 bits per heavy atom. The van der Waals surface area contributed by atoms with Gasteiger partial charge in [0.2, 0.25) is 0 Å². The van der Waals surface area contributed by atoms with Crippen LogP contribution in [0.5, 0.6) is 0 Å². The van der Waals surface area contributed by atoms with Crippen molar-refractivity contribution in [1.29, 1.82) is 0 Å². The molecule has 3 unspecified atom stereocenters. The van der Waals surface area contributed by atoms with Crippen LogP contribution in [0.15, 0.2) is 24.3 Å². The van der Waals surface area contributed by atoms with Crippen LogP contribution in [-0.4, -0.2) is 60.5 Å². The van der Waals surface area contributed by atoms with Gasteiger partial charge < -0.3 is 25.2 Å². The minimum Gasteiger partial charge on any atom is -0.480 e. The number of phosphoric acid groups is 1. The molecule has 0 saturated heterocycles. The van der Waals surface area contributed by atoms with Crippen LogP contribution >= 0.6 is 7.82 Å². The largest absolute Gasteiger partial charge is 0.480 e. The second-order valence-electron chi connectivity index (χ2n) is 14.1. The first-order valence-electron chi connectivity index (χ1n) is 20.9. The third-order valence-electron chi connectivity index (χ3n) is 8.98. The minimum atomic E-state index is -4.61. The SMILES string of the molecule is CCCCCC/C=C\C/C=C\CCCCCCCC(=O)OC(COCCCCCCCCCCCCCCCC)COP(=O)(O)OCC(N)C(=O)O. The molecule has 0 amide bonds. The van der Waals surface area contributed by atoms with Crippen LogP contribution in [0.4, 0.5) is 0 Å². The Bertz CT molecular complexity index is 930. The molecule has 0 bridgehead atoms. The molecule has 0 saturated carbocycles. The van der Waals surface area contributed by atoms with Crippen molar-refractivity contribution in [2.24, 2.45) is 5.73 Å². The molecule has 0 aliphatic heterocycles. The number of phosphoric ester groups is 1. The van der Waals surface area contributed by atoms with E-state index >= 15 is 0 Å². The molecule has 0 aromatic rings. The van der Waals surface area contributed by atoms with E-state index in [0.29, 0.717) is 13.0 Å². The lowest BCUT2D eigenvalue weighted by Crippen LogP contribution is -2.34. The van der Waals surface area contributed by atoms with Gasteiger partial charge in [-0.05, 0) is 44.9 Å². The van der Waals surface area contributed by atoms with E-state index in [1.807, 2.05) is 0 Å². The maximum Gasteiger partial charge on any atom is 0.472 e. The molecule has 0 aliphatic rings. The Kier molecular flexibility index (Phi) is 36.6. The van der Waals surface area contributed by atoms with Gasteiger partial charge in [-0.25, -0.2) is 4.57 Å². The quantitative estimate of drug-likeness (QED) is 0.0238. The Hall–Kier alpha value is -1.55. The van der Waals surface area contributed by atoms with Crippen LogP contribution in [0.3, 0.4) is 0 Å². The number of carbonyl (C=O) groups is 2. The fraction of sp³-hybridized carbons (Fsp3) is 0.854. The van der Waals surface area contributed by atoms with Gasteiger partial charge in [-0.15, -0.1) is 0 Å². The number of unbranched alkanes of at least 4 members (excludes halogenated alkanes) is 22. The van der Waals surface area contributed by atoms with E-state index in [4.69, 9.17) is 29.4 Å². The van der Waals surface area contributed by atoms with Gasteiger partial charge in [-0.2, -0.15) is 0 Å². The number of carboxylic acids is 1. The van der Waals surface area contributed by atoms with Gasteiger partial charge in [0.05, 0.1) is 19.8 Å². The highest BCUT2D eigenvalue weighted by Gasteiger charge is 2.27. The van der Waals surface area contributed by atoms with Crippen molar-refractivity contribution in [2.75, 3.05) is 26.4 Å². The first-order valence-corrected chi connectivity index (χ1v) is 22.4. The van der Waals surface area contributed by atoms with Crippen LogP contribution in [0.25, 0.3) is 0 Å². The monoisotopic (exact) mass is 760 g/mol. The van der Waals surface area contributed by atoms with Gasteiger partial charge >= 0.3 is 19.8 Å². The van der Waals surface area contributed by atoms with Gasteiger partial charge in [0, 0.05) is 13.0 Å². The predicted molar refractivity (Wildman–Crippen MR) is 212 cm³/mol. The summed E-state index contributed by atoms with van der Waals surface area (Å²) in [7, 11) is -4.61. The van der Waals surface area contributed by atoms with Gasteiger partial charge in [0.1, 0.15) is 12.1 Å². The highest BCUT2D eigenvalue weighted by Crippen LogP contribution is 2.43. The first-order chi connectivity index (χ1) is 25.2. The lowest BCUT2D eigenvalue weighted by Gasteiger charge is -2.20. The third-order valence-corrected chi connectivity index (χ3v) is 9.93. The molecule has 3 atom stereocenters. The molecular weight excluding hydrogens is 681 g/mol. The third kappa shape index (κ3) is 36.8. The number of ether oxygens (including phenoxy) is 2. The molecular formula is C41H78NO9P. The zero-order valence-corrected chi connectivity index (χ0v) is 34.1. The maximum atomic E-state index is 12.6. The number of carbonyl (C=O) groups excluding carboxylic acids is 1. The average Bonchev–Trinajstić information content (AvgIpc) is 3.12. The zero-order chi connectivity index (χ0) is 38.4. The summed E-state index contributed by atoms with van der Waals surface area (Å²) in [5, 5.41) is 8.88. The van der Waals surface area contributed by atoms with Gasteiger partial charge in [-0.1, -0.05) is 160 Å². The minimum absolute atomic E-state index is 0.0150. The van der Waals surface area contributed by atoms with Crippen LogP contribution in [0.2, 0.25) is 0 Å². The van der Waals surface area contributed by atoms with E-state index in [1.165, 1.54) is 103 Å². The van der Waals surface area contributed by atoms with E-state index < -0.39 is 45.1 Å². The van der Waals surface area contributed by atoms with Crippen molar-refractivity contribution in [3.8, 4) is 0 Å². The fourth-order valence-corrected chi connectivity index (χ4v) is 6.47. The van der Waals surface area contributed by atoms with Crippen LogP contribution < -0.4 is 5.73 Å². The molecule has 0 aliphatic carbocycles. The van der Waals surface area contributed by atoms with Crippen molar-refractivity contribution in [1.82, 2.24) is 0 Å². The van der Waals surface area contributed by atoms with Crippen molar-refractivity contribution in [3.63, 3.8) is 0 Å². The summed E-state index contributed by atoms with van der Waals surface area (Å²) in [5.41, 5.74) is 5.35. The normalized spacial score (nSPS) is 14.2. The van der Waals surface area contributed by atoms with Crippen molar-refractivity contribution in [2.45, 2.75) is 199 Å². The van der Waals surface area contributed by atoms with Crippen molar-refractivity contribution in [3.05, 3.63) is 24.3 Å². The Morgan fingerprint density at radius 2 is 1.06 bits per heavy atom. The van der Waals surface area contributed by atoms with E-state index in [0.717, 1.165) is 57.8 Å². The number of esters is 1. The number of carboxylic acid groups (broad SMARTS) is 1. The summed E-state index contributed by atoms with van der Waals surface area (Å²) >= 11 is 0. The number of rotatable bonds is 40. The van der Waals surface area contributed by atoms with E-state index in [-0.39, 0.29) is 13.0 Å². The van der Waals surface area contributed by atoms with E-state index in [1.54, 1.807) is 0 Å². The molecule has 0 aromatic heterocycles. The van der Waals surface area contributed by atoms with E-state index in [2.05, 4.69) is 38.2 Å². The fourth-order valence-electron chi connectivity index (χ4n) is 5.69. The molecule has 4 N–H and O–H groups in total. The second-order valence-corrected chi connectivity index (χ2v) is 15.6. The topological polar surface area (TPSA) is 155 Å². The standard InChI is InChI=1S/C41H78NO9P/c1-3-5-7-9-11-13-15-17-19-20-21-23-25-27-29-31-33-40(43)51-38(36-49-52(46,47)50-37-39(42)41(44)45)35-48-34-32-30-28-26-24-22-18-16-14-12-10-8-6-4-2/h13,15,19-20,38-39H,3-12,14,16-18,21-37,42H2,1-2H3,(H,44,45)(H,46,47)/b15-13-,20-19-. The molecule has 0 radical (unpaired) electrons. The highest BCUT2D eigenvalue weighted by atomic mass is 31.2. The summed E-state index contributed by atoms with van der Waals surface area (Å²) < 4.78 is 33.3. The number of aliphatic carboxylic acids is 1. The van der Waals surface area contributed by atoms with E-state index in [9.17, 15) is 19.0 Å². The second kappa shape index (κ2) is 37.8. The predicted octanol–water partition coefficient (Wildman–Crippen LogP) is 11.1.